The Kier molecular flexibility index (Phi) is 5.89. The van der Waals surface area contributed by atoms with Gasteiger partial charge in [0.1, 0.15) is 0 Å². The SMILES string of the molecule is CC(C)C(CN(C)C)Nc1ccc(Br)cc1C(F)(F)F. The molecule has 0 amide bonds. The van der Waals surface area contributed by atoms with Gasteiger partial charge in [0.25, 0.3) is 0 Å². The van der Waals surface area contributed by atoms with Crippen LogP contribution in [0.2, 0.25) is 0 Å². The summed E-state index contributed by atoms with van der Waals surface area (Å²) in [7, 11) is 3.81. The molecule has 0 radical (unpaired) electrons. The van der Waals surface area contributed by atoms with Crippen LogP contribution in [0.25, 0.3) is 0 Å². The third-order valence-electron chi connectivity index (χ3n) is 2.99. The number of anilines is 1. The molecular weight excluding hydrogens is 333 g/mol. The smallest absolute Gasteiger partial charge is 0.380 e. The third kappa shape index (κ3) is 4.98. The average molecular weight is 353 g/mol. The zero-order valence-corrected chi connectivity index (χ0v) is 13.6. The topological polar surface area (TPSA) is 15.3 Å². The molecule has 0 fully saturated rings. The summed E-state index contributed by atoms with van der Waals surface area (Å²) < 4.78 is 39.6. The second-order valence-corrected chi connectivity index (χ2v) is 6.36. The van der Waals surface area contributed by atoms with Crippen molar-refractivity contribution >= 4 is 21.6 Å². The van der Waals surface area contributed by atoms with Crippen molar-refractivity contribution in [1.29, 1.82) is 0 Å². The van der Waals surface area contributed by atoms with Gasteiger partial charge in [-0.3, -0.25) is 0 Å². The van der Waals surface area contributed by atoms with Crippen molar-refractivity contribution in [3.05, 3.63) is 28.2 Å². The zero-order chi connectivity index (χ0) is 15.5. The molecule has 1 aromatic rings. The lowest BCUT2D eigenvalue weighted by molar-refractivity contribution is -0.137. The fraction of sp³-hybridized carbons (Fsp3) is 0.571. The first-order valence-electron chi connectivity index (χ1n) is 6.39. The molecule has 0 saturated heterocycles. The molecular formula is C14H20BrF3N2. The van der Waals surface area contributed by atoms with Gasteiger partial charge in [0.05, 0.1) is 5.56 Å². The summed E-state index contributed by atoms with van der Waals surface area (Å²) in [5, 5.41) is 3.03. The van der Waals surface area contributed by atoms with E-state index in [-0.39, 0.29) is 17.6 Å². The van der Waals surface area contributed by atoms with Gasteiger partial charge < -0.3 is 10.2 Å². The molecule has 1 N–H and O–H groups in total. The summed E-state index contributed by atoms with van der Waals surface area (Å²) in [4.78, 5) is 1.96. The van der Waals surface area contributed by atoms with Gasteiger partial charge in [-0.25, -0.2) is 0 Å². The van der Waals surface area contributed by atoms with E-state index in [2.05, 4.69) is 21.2 Å². The predicted octanol–water partition coefficient (Wildman–Crippen LogP) is 4.47. The van der Waals surface area contributed by atoms with Crippen molar-refractivity contribution in [2.24, 2.45) is 5.92 Å². The van der Waals surface area contributed by atoms with E-state index in [1.807, 2.05) is 32.8 Å². The Balaban J connectivity index is 3.06. The summed E-state index contributed by atoms with van der Waals surface area (Å²) in [6.07, 6.45) is -4.37. The summed E-state index contributed by atoms with van der Waals surface area (Å²) >= 11 is 3.09. The molecule has 6 heteroatoms. The summed E-state index contributed by atoms with van der Waals surface area (Å²) in [5.41, 5.74) is -0.516. The fourth-order valence-corrected chi connectivity index (χ4v) is 2.25. The normalized spacial score (nSPS) is 13.9. The molecule has 0 saturated carbocycles. The molecule has 0 heterocycles. The molecule has 2 nitrogen and oxygen atoms in total. The molecule has 1 rings (SSSR count). The number of nitrogens with zero attached hydrogens (tertiary/aromatic N) is 1. The molecule has 114 valence electrons. The number of hydrogen-bond donors (Lipinski definition) is 1. The monoisotopic (exact) mass is 352 g/mol. The lowest BCUT2D eigenvalue weighted by Crippen LogP contribution is -2.37. The van der Waals surface area contributed by atoms with Crippen LogP contribution in [0, 0.1) is 5.92 Å². The van der Waals surface area contributed by atoms with Crippen molar-refractivity contribution < 1.29 is 13.2 Å². The maximum absolute atomic E-state index is 13.1. The standard InChI is InChI=1S/C14H20BrF3N2/c1-9(2)13(8-20(3)4)19-12-6-5-10(15)7-11(12)14(16,17)18/h5-7,9,13,19H,8H2,1-4H3. The lowest BCUT2D eigenvalue weighted by atomic mass is 10.0. The summed E-state index contributed by atoms with van der Waals surface area (Å²) in [5.74, 6) is 0.224. The van der Waals surface area contributed by atoms with Gasteiger partial charge >= 0.3 is 6.18 Å². The molecule has 1 unspecified atom stereocenters. The largest absolute Gasteiger partial charge is 0.418 e. The van der Waals surface area contributed by atoms with Crippen LogP contribution in [-0.2, 0) is 6.18 Å². The Morgan fingerprint density at radius 3 is 2.30 bits per heavy atom. The zero-order valence-electron chi connectivity index (χ0n) is 12.1. The minimum absolute atomic E-state index is 0.0488. The average Bonchev–Trinajstić information content (AvgIpc) is 2.28. The maximum atomic E-state index is 13.1. The number of nitrogens with one attached hydrogen (secondary N) is 1. The quantitative estimate of drug-likeness (QED) is 0.841. The molecule has 1 atom stereocenters. The van der Waals surface area contributed by atoms with Gasteiger partial charge in [0.2, 0.25) is 0 Å². The number of alkyl halides is 3. The van der Waals surface area contributed by atoms with E-state index in [1.54, 1.807) is 6.07 Å². The minimum atomic E-state index is -4.37. The van der Waals surface area contributed by atoms with Gasteiger partial charge in [-0.2, -0.15) is 13.2 Å². The van der Waals surface area contributed by atoms with Crippen LogP contribution in [0.4, 0.5) is 18.9 Å². The Hall–Kier alpha value is -0.750. The number of halogens is 4. The number of hydrogen-bond acceptors (Lipinski definition) is 2. The number of benzene rings is 1. The highest BCUT2D eigenvalue weighted by Crippen LogP contribution is 2.37. The van der Waals surface area contributed by atoms with Crippen molar-refractivity contribution in [2.75, 3.05) is 26.0 Å². The highest BCUT2D eigenvalue weighted by Gasteiger charge is 2.34. The van der Waals surface area contributed by atoms with Crippen LogP contribution in [-0.4, -0.2) is 31.6 Å². The Labute approximate surface area is 126 Å². The van der Waals surface area contributed by atoms with E-state index >= 15 is 0 Å². The molecule has 0 bridgehead atoms. The highest BCUT2D eigenvalue weighted by molar-refractivity contribution is 9.10. The van der Waals surface area contributed by atoms with E-state index in [0.717, 1.165) is 6.07 Å². The predicted molar refractivity (Wildman–Crippen MR) is 79.9 cm³/mol. The van der Waals surface area contributed by atoms with E-state index in [0.29, 0.717) is 11.0 Å². The first-order valence-corrected chi connectivity index (χ1v) is 7.18. The Morgan fingerprint density at radius 2 is 1.85 bits per heavy atom. The first-order chi connectivity index (χ1) is 9.11. The van der Waals surface area contributed by atoms with Gasteiger partial charge in [0, 0.05) is 22.7 Å². The van der Waals surface area contributed by atoms with Crippen molar-refractivity contribution in [3.63, 3.8) is 0 Å². The van der Waals surface area contributed by atoms with E-state index in [4.69, 9.17) is 0 Å². The highest BCUT2D eigenvalue weighted by atomic mass is 79.9. The molecule has 20 heavy (non-hydrogen) atoms. The van der Waals surface area contributed by atoms with Gasteiger partial charge in [-0.15, -0.1) is 0 Å². The van der Waals surface area contributed by atoms with Crippen LogP contribution in [0.3, 0.4) is 0 Å². The van der Waals surface area contributed by atoms with Crippen molar-refractivity contribution in [1.82, 2.24) is 4.90 Å². The number of rotatable bonds is 5. The second kappa shape index (κ2) is 6.80. The van der Waals surface area contributed by atoms with E-state index in [1.165, 1.54) is 6.07 Å². The minimum Gasteiger partial charge on any atom is -0.380 e. The Morgan fingerprint density at radius 1 is 1.25 bits per heavy atom. The lowest BCUT2D eigenvalue weighted by Gasteiger charge is -2.28. The fourth-order valence-electron chi connectivity index (χ4n) is 1.89. The summed E-state index contributed by atoms with van der Waals surface area (Å²) in [6.45, 7) is 4.66. The second-order valence-electron chi connectivity index (χ2n) is 5.44. The van der Waals surface area contributed by atoms with E-state index in [9.17, 15) is 13.2 Å². The third-order valence-corrected chi connectivity index (χ3v) is 3.49. The first kappa shape index (κ1) is 17.3. The molecule has 0 aliphatic heterocycles. The number of likely N-dealkylation sites (N-methyl/N-ethyl adjacent to an activating group) is 1. The van der Waals surface area contributed by atoms with Crippen molar-refractivity contribution in [3.8, 4) is 0 Å². The van der Waals surface area contributed by atoms with Crippen LogP contribution in [0.5, 0.6) is 0 Å². The van der Waals surface area contributed by atoms with Crippen LogP contribution in [0.15, 0.2) is 22.7 Å². The van der Waals surface area contributed by atoms with E-state index < -0.39 is 11.7 Å². The molecule has 0 aromatic heterocycles. The van der Waals surface area contributed by atoms with Crippen LogP contribution >= 0.6 is 15.9 Å². The van der Waals surface area contributed by atoms with Gasteiger partial charge in [0.15, 0.2) is 0 Å². The van der Waals surface area contributed by atoms with Crippen LogP contribution < -0.4 is 5.32 Å². The Bertz CT molecular complexity index is 445. The molecule has 0 spiro atoms. The molecule has 0 aliphatic rings. The molecule has 1 aromatic carbocycles. The molecule has 0 aliphatic carbocycles. The van der Waals surface area contributed by atoms with Crippen molar-refractivity contribution in [2.45, 2.75) is 26.1 Å². The van der Waals surface area contributed by atoms with Crippen LogP contribution in [0.1, 0.15) is 19.4 Å². The van der Waals surface area contributed by atoms with Gasteiger partial charge in [-0.05, 0) is 38.2 Å². The van der Waals surface area contributed by atoms with Gasteiger partial charge in [-0.1, -0.05) is 29.8 Å². The maximum Gasteiger partial charge on any atom is 0.418 e. The summed E-state index contributed by atoms with van der Waals surface area (Å²) in [6, 6.07) is 4.14.